The zero-order chi connectivity index (χ0) is 67.5. The van der Waals surface area contributed by atoms with Crippen LogP contribution in [0.25, 0.3) is 0 Å². The minimum atomic E-state index is -2.13. The molecule has 30 atom stereocenters. The second-order valence-corrected chi connectivity index (χ2v) is 28.6. The van der Waals surface area contributed by atoms with Gasteiger partial charge in [-0.2, -0.15) is 0 Å². The molecular weight excluding hydrogens is 1220 g/mol. The molecular formula is C67H98N2O24. The van der Waals surface area contributed by atoms with Crippen LogP contribution in [0.2, 0.25) is 0 Å². The van der Waals surface area contributed by atoms with Crippen molar-refractivity contribution in [1.29, 1.82) is 0 Å². The lowest BCUT2D eigenvalue weighted by Crippen LogP contribution is -2.65. The summed E-state index contributed by atoms with van der Waals surface area (Å²) < 4.78 is 81.6. The highest BCUT2D eigenvalue weighted by Gasteiger charge is 2.66. The first-order valence-corrected chi connectivity index (χ1v) is 33.4. The van der Waals surface area contributed by atoms with Gasteiger partial charge in [0.05, 0.1) is 86.6 Å². The summed E-state index contributed by atoms with van der Waals surface area (Å²) in [6, 6.07) is -1.12. The van der Waals surface area contributed by atoms with E-state index in [1.54, 1.807) is 33.8 Å². The van der Waals surface area contributed by atoms with Gasteiger partial charge in [0.1, 0.15) is 35.9 Å². The van der Waals surface area contributed by atoms with Crippen molar-refractivity contribution in [3.05, 3.63) is 56.9 Å². The molecule has 1 spiro atoms. The minimum absolute atomic E-state index is 0.0676. The second kappa shape index (κ2) is 28.3. The van der Waals surface area contributed by atoms with Crippen LogP contribution >= 0.6 is 0 Å². The third-order valence-electron chi connectivity index (χ3n) is 22.1. The molecule has 0 radical (unpaired) electrons. The van der Waals surface area contributed by atoms with Crippen molar-refractivity contribution in [2.24, 2.45) is 46.8 Å². The number of alkyl carbamates (subject to hydrolysis) is 1. The fourth-order valence-corrected chi connectivity index (χ4v) is 17.3. The zero-order valence-electron chi connectivity index (χ0n) is 55.7. The normalized spacial score (nSPS) is 49.0. The Labute approximate surface area is 543 Å². The van der Waals surface area contributed by atoms with Crippen LogP contribution in [-0.4, -0.2) is 197 Å². The molecule has 0 aromatic heterocycles. The lowest BCUT2D eigenvalue weighted by Gasteiger charge is -2.56. The number of allylic oxidation sites excluding steroid dienone is 3. The van der Waals surface area contributed by atoms with Gasteiger partial charge < -0.3 is 92.1 Å². The fraction of sp³-hybridized carbons (Fsp3) is 0.806. The van der Waals surface area contributed by atoms with Gasteiger partial charge in [0, 0.05) is 74.0 Å². The predicted molar refractivity (Wildman–Crippen MR) is 325 cm³/mol. The Morgan fingerprint density at radius 1 is 0.699 bits per heavy atom. The highest BCUT2D eigenvalue weighted by Crippen LogP contribution is 2.61. The van der Waals surface area contributed by atoms with Crippen molar-refractivity contribution >= 4 is 30.1 Å². The number of esters is 2. The Bertz CT molecular complexity index is 2890. The van der Waals surface area contributed by atoms with Crippen molar-refractivity contribution in [2.45, 2.75) is 288 Å². The smallest absolute Gasteiger partial charge is 0.407 e. The van der Waals surface area contributed by atoms with Gasteiger partial charge >= 0.3 is 18.0 Å². The number of rotatable bonds is 14. The number of nitrogens with zero attached hydrogens (tertiary/aromatic N) is 1. The number of aliphatic hydroxyl groups excluding tert-OH is 4. The highest BCUT2D eigenvalue weighted by atomic mass is 16.8. The molecule has 520 valence electrons. The Hall–Kier alpha value is -4.81. The third-order valence-corrected chi connectivity index (χ3v) is 22.1. The first-order valence-electron chi connectivity index (χ1n) is 33.4. The van der Waals surface area contributed by atoms with E-state index in [2.05, 4.69) is 25.2 Å². The number of ketones is 1. The molecule has 6 heterocycles. The largest absolute Gasteiger partial charge is 0.511 e. The molecule has 26 nitrogen and oxygen atoms in total. The lowest BCUT2D eigenvalue weighted by atomic mass is 9.49. The first kappa shape index (κ1) is 71.0. The molecule has 93 heavy (non-hydrogen) atoms. The van der Waals surface area contributed by atoms with E-state index in [9.17, 15) is 49.7 Å². The van der Waals surface area contributed by atoms with Crippen LogP contribution < -0.4 is 5.32 Å². The Balaban J connectivity index is 0.903. The second-order valence-electron chi connectivity index (χ2n) is 28.6. The van der Waals surface area contributed by atoms with E-state index in [1.165, 1.54) is 13.8 Å². The quantitative estimate of drug-likeness (QED) is 0.0237. The van der Waals surface area contributed by atoms with E-state index >= 15 is 4.79 Å². The Morgan fingerprint density at radius 3 is 1.99 bits per heavy atom. The SMILES string of the molecule is COC(=O)N[C@H]1[C@@H](C)O[C@@H](O[C@H]2C/C=C(\C)[C@@H]3C=C[C@@H]4[C@@H](O[C@H]5C[C@@H](O[C@H]6CCC(O[C@H]7C[C@@H](O)C(O[C@H]8CC[C@@H](O)[C@H](C)O8)[C@H](C)O7)[C@H](C)O6)[C@@H](OC(C)=O)[C@H](C)O5)[C@@H](C)C[C@H](C)[C@H]4[C@]3(C)/C(O)=C3\C(=O)O[C@]4(CC(C=O)C[C@@H](O)[C@H]4/C=C/2C)C3=O)C[C@]1(C)[N+](=O)[O-]. The number of nitro groups is 1. The van der Waals surface area contributed by atoms with E-state index in [0.717, 1.165) is 12.7 Å². The average Bonchev–Trinajstić information content (AvgIpc) is 1.68. The topological polar surface area (TPSA) is 341 Å². The molecule has 0 aromatic rings. The van der Waals surface area contributed by atoms with Crippen molar-refractivity contribution < 1.29 is 111 Å². The number of nitrogens with one attached hydrogen (secondary N) is 1. The summed E-state index contributed by atoms with van der Waals surface area (Å²) in [5, 5.41) is 62.1. The number of aldehydes is 1. The maximum atomic E-state index is 15.6. The van der Waals surface area contributed by atoms with Crippen LogP contribution in [0.5, 0.6) is 0 Å². The average molecular weight is 1320 g/mol. The lowest BCUT2D eigenvalue weighted by molar-refractivity contribution is -0.584. The number of fused-ring (bicyclic) bond motifs is 4. The van der Waals surface area contributed by atoms with E-state index in [0.29, 0.717) is 44.0 Å². The minimum Gasteiger partial charge on any atom is -0.511 e. The molecule has 4 aliphatic carbocycles. The van der Waals surface area contributed by atoms with Crippen LogP contribution in [-0.2, 0) is 80.8 Å². The molecule has 2 bridgehead atoms. The Morgan fingerprint density at radius 2 is 1.33 bits per heavy atom. The Kier molecular flexibility index (Phi) is 21.6. The van der Waals surface area contributed by atoms with E-state index in [-0.39, 0.29) is 50.4 Å². The van der Waals surface area contributed by atoms with Crippen LogP contribution in [0.15, 0.2) is 46.8 Å². The van der Waals surface area contributed by atoms with Crippen molar-refractivity contribution in [3.63, 3.8) is 0 Å². The molecule has 6 saturated heterocycles. The molecule has 6 aliphatic heterocycles. The number of carbonyl (C=O) groups is 5. The summed E-state index contributed by atoms with van der Waals surface area (Å²) >= 11 is 0. The third kappa shape index (κ3) is 14.1. The van der Waals surface area contributed by atoms with Crippen LogP contribution in [0.1, 0.15) is 154 Å². The van der Waals surface area contributed by atoms with E-state index in [1.807, 2.05) is 39.8 Å². The number of Topliss-reactive ketones (excluding diaryl/α,β-unsaturated/α-hetero) is 1. The monoisotopic (exact) mass is 1310 g/mol. The van der Waals surface area contributed by atoms with E-state index in [4.69, 9.17) is 61.6 Å². The number of carbonyl (C=O) groups excluding carboxylic acids is 5. The molecule has 1 amide bonds. The maximum Gasteiger partial charge on any atom is 0.407 e. The van der Waals surface area contributed by atoms with E-state index < -0.39 is 209 Å². The number of hydrogen-bond donors (Lipinski definition) is 5. The van der Waals surface area contributed by atoms with Gasteiger partial charge in [-0.3, -0.25) is 19.7 Å². The van der Waals surface area contributed by atoms with Gasteiger partial charge in [-0.25, -0.2) is 9.59 Å². The number of hydrogen-bond acceptors (Lipinski definition) is 24. The van der Waals surface area contributed by atoms with Crippen molar-refractivity contribution in [1.82, 2.24) is 5.32 Å². The fourth-order valence-electron chi connectivity index (χ4n) is 17.3. The molecule has 8 fully saturated rings. The number of amides is 1. The molecule has 5 N–H and O–H groups in total. The summed E-state index contributed by atoms with van der Waals surface area (Å²) in [5.41, 5.74) is -4.75. The molecule has 3 unspecified atom stereocenters. The highest BCUT2D eigenvalue weighted by molar-refractivity contribution is 6.26. The van der Waals surface area contributed by atoms with Gasteiger partial charge in [0.15, 0.2) is 43.2 Å². The predicted octanol–water partition coefficient (Wildman–Crippen LogP) is 6.44. The van der Waals surface area contributed by atoms with Gasteiger partial charge in [-0.15, -0.1) is 0 Å². The number of methoxy groups -OCH3 is 1. The van der Waals surface area contributed by atoms with Gasteiger partial charge in [0.25, 0.3) is 0 Å². The first-order chi connectivity index (χ1) is 43.9. The summed E-state index contributed by atoms with van der Waals surface area (Å²) in [5.74, 6) is -7.16. The summed E-state index contributed by atoms with van der Waals surface area (Å²) in [6.45, 7) is 21.1. The van der Waals surface area contributed by atoms with Gasteiger partial charge in [-0.05, 0) is 104 Å². The molecule has 10 aliphatic rings. The van der Waals surface area contributed by atoms with Crippen LogP contribution in [0.4, 0.5) is 4.79 Å². The van der Waals surface area contributed by atoms with Crippen LogP contribution in [0.3, 0.4) is 0 Å². The standard InChI is InChI=1S/C67H98N2O24/c1-30-14-18-47(88-54-28-65(11,69(79)80)60(38(9)86-54)68-64(78)81-13)31(2)23-43-45(73)24-40(29-70)27-67(43)62(76)55(63(77)93-67)61(75)66(12)42(30)16-15-41-56(66)32(3)22-33(4)57(41)92-53-26-49(59(37(8)85-53)87-39(10)71)90-50-21-19-48(35(6)83-50)89-52-25-46(74)58(36(7)84-52)91-51-20-17-44(72)34(5)82-51/h14-16,23,29,32-38,40-54,56-60,72-75H,17-22,24-28H2,1-13H3,(H,68,78)/b30-14+,31-23+,61-55+/t32-,33-,34-,35-,36-,37-,38+,40?,41-,42-,43+,44+,45+,46+,47-,48?,49+,50-,51-,52-,53-,54-,56+,57-,58?,59-,60-,65-,66+,67-/m0/s1. The molecule has 0 aromatic carbocycles. The summed E-state index contributed by atoms with van der Waals surface area (Å²) in [6.07, 6.45) is -4.93. The van der Waals surface area contributed by atoms with Crippen LogP contribution in [0, 0.1) is 57.0 Å². The molecule has 26 heteroatoms. The van der Waals surface area contributed by atoms with Gasteiger partial charge in [-0.1, -0.05) is 50.6 Å². The molecule has 10 rings (SSSR count). The van der Waals surface area contributed by atoms with Crippen molar-refractivity contribution in [3.8, 4) is 0 Å². The zero-order valence-corrected chi connectivity index (χ0v) is 55.7. The number of ether oxygens (including phenoxy) is 13. The summed E-state index contributed by atoms with van der Waals surface area (Å²) in [7, 11) is 1.15. The summed E-state index contributed by atoms with van der Waals surface area (Å²) in [4.78, 5) is 80.6. The number of aliphatic hydroxyl groups is 4. The molecule has 2 saturated carbocycles. The maximum absolute atomic E-state index is 15.6. The van der Waals surface area contributed by atoms with Gasteiger partial charge in [0.2, 0.25) is 11.3 Å². The van der Waals surface area contributed by atoms with Crippen molar-refractivity contribution in [2.75, 3.05) is 7.11 Å².